The highest BCUT2D eigenvalue weighted by atomic mass is 16.7. The summed E-state index contributed by atoms with van der Waals surface area (Å²) >= 11 is 0. The second-order valence-corrected chi connectivity index (χ2v) is 5.67. The van der Waals surface area contributed by atoms with Crippen LogP contribution in [0.3, 0.4) is 0 Å². The molecule has 1 aliphatic heterocycles. The zero-order valence-electron chi connectivity index (χ0n) is 14.2. The van der Waals surface area contributed by atoms with Crippen LogP contribution in [0, 0.1) is 0 Å². The van der Waals surface area contributed by atoms with Crippen molar-refractivity contribution in [2.24, 2.45) is 0 Å². The standard InChI is InChI=1S/C18H20N4O4/c23-14-20-26-18(24)17(25-16-4-2-1-3-5-16)22-12-10-21(11-13-22)15-6-8-19-9-7-15/h1-9,14,17H,10-13H2,(H,20,23). The van der Waals surface area contributed by atoms with E-state index in [2.05, 4.69) is 9.88 Å². The zero-order valence-corrected chi connectivity index (χ0v) is 14.2. The Morgan fingerprint density at radius 3 is 2.42 bits per heavy atom. The van der Waals surface area contributed by atoms with Gasteiger partial charge in [0.1, 0.15) is 5.75 Å². The molecule has 1 N–H and O–H groups in total. The minimum Gasteiger partial charge on any atom is -0.464 e. The minimum atomic E-state index is -0.940. The molecule has 0 radical (unpaired) electrons. The molecule has 0 aliphatic carbocycles. The highest BCUT2D eigenvalue weighted by Crippen LogP contribution is 2.19. The van der Waals surface area contributed by atoms with Crippen molar-refractivity contribution >= 4 is 18.1 Å². The van der Waals surface area contributed by atoms with E-state index in [1.165, 1.54) is 0 Å². The smallest absolute Gasteiger partial charge is 0.388 e. The van der Waals surface area contributed by atoms with Gasteiger partial charge in [0.05, 0.1) is 0 Å². The summed E-state index contributed by atoms with van der Waals surface area (Å²) in [4.78, 5) is 35.6. The van der Waals surface area contributed by atoms with Gasteiger partial charge in [0.25, 0.3) is 6.23 Å². The molecule has 1 amide bonds. The van der Waals surface area contributed by atoms with Crippen LogP contribution < -0.4 is 15.1 Å². The van der Waals surface area contributed by atoms with Crippen LogP contribution in [0.4, 0.5) is 5.69 Å². The number of pyridine rings is 1. The predicted octanol–water partition coefficient (Wildman–Crippen LogP) is 0.813. The monoisotopic (exact) mass is 356 g/mol. The van der Waals surface area contributed by atoms with Gasteiger partial charge in [-0.15, -0.1) is 0 Å². The summed E-state index contributed by atoms with van der Waals surface area (Å²) in [7, 11) is 0. The quantitative estimate of drug-likeness (QED) is 0.581. The van der Waals surface area contributed by atoms with Gasteiger partial charge in [0.2, 0.25) is 6.41 Å². The maximum Gasteiger partial charge on any atom is 0.388 e. The number of para-hydroxylation sites is 1. The van der Waals surface area contributed by atoms with Crippen LogP contribution in [-0.2, 0) is 14.4 Å². The Balaban J connectivity index is 1.67. The number of benzene rings is 1. The zero-order chi connectivity index (χ0) is 18.2. The van der Waals surface area contributed by atoms with Crippen molar-refractivity contribution in [2.75, 3.05) is 31.1 Å². The van der Waals surface area contributed by atoms with E-state index in [9.17, 15) is 9.59 Å². The van der Waals surface area contributed by atoms with Crippen molar-refractivity contribution in [1.29, 1.82) is 0 Å². The first-order chi connectivity index (χ1) is 12.8. The van der Waals surface area contributed by atoms with Gasteiger partial charge >= 0.3 is 5.97 Å². The van der Waals surface area contributed by atoms with Gasteiger partial charge in [0, 0.05) is 44.3 Å². The molecule has 1 saturated heterocycles. The lowest BCUT2D eigenvalue weighted by atomic mass is 10.2. The number of nitrogens with zero attached hydrogens (tertiary/aromatic N) is 3. The number of carbonyl (C=O) groups is 2. The number of aromatic nitrogens is 1. The van der Waals surface area contributed by atoms with E-state index in [1.807, 2.05) is 40.7 Å². The summed E-state index contributed by atoms with van der Waals surface area (Å²) in [5.74, 6) is -0.115. The summed E-state index contributed by atoms with van der Waals surface area (Å²) in [6.45, 7) is 2.67. The molecule has 1 aromatic carbocycles. The van der Waals surface area contributed by atoms with Gasteiger partial charge < -0.3 is 14.5 Å². The van der Waals surface area contributed by atoms with E-state index >= 15 is 0 Å². The van der Waals surface area contributed by atoms with Crippen LogP contribution in [-0.4, -0.2) is 54.7 Å². The molecule has 136 valence electrons. The SMILES string of the molecule is O=CNOC(=O)C(Oc1ccccc1)N1CCN(c2ccncc2)CC1. The number of nitrogens with one attached hydrogen (secondary N) is 1. The van der Waals surface area contributed by atoms with Crippen LogP contribution in [0.25, 0.3) is 0 Å². The average Bonchev–Trinajstić information content (AvgIpc) is 2.72. The molecule has 1 aromatic heterocycles. The van der Waals surface area contributed by atoms with Crippen molar-refractivity contribution < 1.29 is 19.2 Å². The predicted molar refractivity (Wildman–Crippen MR) is 94.2 cm³/mol. The Labute approximate surface area is 151 Å². The molecule has 1 unspecified atom stereocenters. The van der Waals surface area contributed by atoms with Gasteiger partial charge in [-0.1, -0.05) is 18.2 Å². The molecule has 8 nitrogen and oxygen atoms in total. The fraction of sp³-hybridized carbons (Fsp3) is 0.278. The maximum atomic E-state index is 12.3. The fourth-order valence-corrected chi connectivity index (χ4v) is 2.80. The summed E-state index contributed by atoms with van der Waals surface area (Å²) in [5, 5.41) is 0. The van der Waals surface area contributed by atoms with E-state index in [0.717, 1.165) is 18.8 Å². The molecule has 1 fully saturated rings. The first-order valence-corrected chi connectivity index (χ1v) is 8.28. The van der Waals surface area contributed by atoms with Gasteiger partial charge in [-0.2, -0.15) is 5.48 Å². The first kappa shape index (κ1) is 17.7. The number of carbonyl (C=O) groups excluding carboxylic acids is 2. The number of amides is 1. The molecule has 0 spiro atoms. The molecule has 1 aliphatic rings. The Morgan fingerprint density at radius 1 is 1.08 bits per heavy atom. The maximum absolute atomic E-state index is 12.3. The second-order valence-electron chi connectivity index (χ2n) is 5.67. The van der Waals surface area contributed by atoms with Crippen molar-refractivity contribution in [3.63, 3.8) is 0 Å². The lowest BCUT2D eigenvalue weighted by Gasteiger charge is -2.38. The van der Waals surface area contributed by atoms with Crippen molar-refractivity contribution in [3.8, 4) is 5.75 Å². The summed E-state index contributed by atoms with van der Waals surface area (Å²) in [5.41, 5.74) is 3.02. The number of rotatable bonds is 7. The van der Waals surface area contributed by atoms with Gasteiger partial charge in [-0.25, -0.2) is 4.79 Å². The summed E-state index contributed by atoms with van der Waals surface area (Å²) < 4.78 is 5.82. The first-order valence-electron chi connectivity index (χ1n) is 8.28. The van der Waals surface area contributed by atoms with E-state index in [4.69, 9.17) is 9.57 Å². The second kappa shape index (κ2) is 8.82. The number of hydroxylamine groups is 1. The van der Waals surface area contributed by atoms with Crippen LogP contribution in [0.2, 0.25) is 0 Å². The molecule has 3 rings (SSSR count). The number of hydrogen-bond donors (Lipinski definition) is 1. The third kappa shape index (κ3) is 4.48. The Bertz CT molecular complexity index is 706. The van der Waals surface area contributed by atoms with Gasteiger partial charge in [0.15, 0.2) is 0 Å². The molecule has 2 aromatic rings. The molecule has 8 heteroatoms. The highest BCUT2D eigenvalue weighted by Gasteiger charge is 2.32. The number of piperazine rings is 1. The van der Waals surface area contributed by atoms with Crippen molar-refractivity contribution in [1.82, 2.24) is 15.4 Å². The number of hydrogen-bond acceptors (Lipinski definition) is 7. The highest BCUT2D eigenvalue weighted by molar-refractivity contribution is 5.75. The van der Waals surface area contributed by atoms with Gasteiger partial charge in [-0.05, 0) is 24.3 Å². The number of ether oxygens (including phenoxy) is 1. The molecule has 0 saturated carbocycles. The lowest BCUT2D eigenvalue weighted by Crippen LogP contribution is -2.55. The van der Waals surface area contributed by atoms with E-state index in [1.54, 1.807) is 24.5 Å². The van der Waals surface area contributed by atoms with E-state index < -0.39 is 12.2 Å². The average molecular weight is 356 g/mol. The lowest BCUT2D eigenvalue weighted by molar-refractivity contribution is -0.171. The largest absolute Gasteiger partial charge is 0.464 e. The Kier molecular flexibility index (Phi) is 6.00. The van der Waals surface area contributed by atoms with Gasteiger partial charge in [-0.3, -0.25) is 14.7 Å². The molecule has 0 bridgehead atoms. The third-order valence-corrected chi connectivity index (χ3v) is 4.07. The van der Waals surface area contributed by atoms with Crippen LogP contribution in [0.5, 0.6) is 5.75 Å². The molecule has 1 atom stereocenters. The Morgan fingerprint density at radius 2 is 1.77 bits per heavy atom. The van der Waals surface area contributed by atoms with Crippen LogP contribution in [0.1, 0.15) is 0 Å². The Hall–Kier alpha value is -3.13. The third-order valence-electron chi connectivity index (χ3n) is 4.07. The van der Waals surface area contributed by atoms with E-state index in [0.29, 0.717) is 25.2 Å². The molecular weight excluding hydrogens is 336 g/mol. The van der Waals surface area contributed by atoms with E-state index in [-0.39, 0.29) is 0 Å². The molecule has 26 heavy (non-hydrogen) atoms. The summed E-state index contributed by atoms with van der Waals surface area (Å²) in [6.07, 6.45) is 2.87. The van der Waals surface area contributed by atoms with Crippen LogP contribution in [0.15, 0.2) is 54.9 Å². The van der Waals surface area contributed by atoms with Crippen LogP contribution >= 0.6 is 0 Å². The summed E-state index contributed by atoms with van der Waals surface area (Å²) in [6, 6.07) is 12.9. The molecular formula is C18H20N4O4. The van der Waals surface area contributed by atoms with Crippen molar-refractivity contribution in [3.05, 3.63) is 54.9 Å². The molecule has 2 heterocycles. The normalized spacial score (nSPS) is 15.8. The number of anilines is 1. The van der Waals surface area contributed by atoms with Crippen molar-refractivity contribution in [2.45, 2.75) is 6.23 Å². The topological polar surface area (TPSA) is 84.0 Å². The minimum absolute atomic E-state index is 0.304. The fourth-order valence-electron chi connectivity index (χ4n) is 2.80.